The molecule has 186 valence electrons. The molecule has 4 nitrogen and oxygen atoms in total. The van der Waals surface area contributed by atoms with Crippen LogP contribution in [0.2, 0.25) is 0 Å². The summed E-state index contributed by atoms with van der Waals surface area (Å²) in [4.78, 5) is 15.8. The summed E-state index contributed by atoms with van der Waals surface area (Å²) in [5.74, 6) is -0.0503. The lowest BCUT2D eigenvalue weighted by Crippen LogP contribution is -2.58. The Morgan fingerprint density at radius 1 is 1.12 bits per heavy atom. The molecule has 1 N–H and O–H groups in total. The Kier molecular flexibility index (Phi) is 7.40. The quantitative estimate of drug-likeness (QED) is 0.545. The number of benzene rings is 1. The number of hydrogen-bond acceptors (Lipinski definition) is 2. The summed E-state index contributed by atoms with van der Waals surface area (Å²) in [6.07, 6.45) is 15.4. The van der Waals surface area contributed by atoms with Gasteiger partial charge in [0, 0.05) is 38.3 Å². The van der Waals surface area contributed by atoms with Crippen LogP contribution in [0.15, 0.2) is 54.1 Å². The van der Waals surface area contributed by atoms with Crippen molar-refractivity contribution in [3.8, 4) is 0 Å². The van der Waals surface area contributed by atoms with Gasteiger partial charge in [0.05, 0.1) is 26.7 Å². The zero-order chi connectivity index (χ0) is 24.4. The molecule has 1 aromatic rings. The van der Waals surface area contributed by atoms with Gasteiger partial charge in [-0.3, -0.25) is 4.79 Å². The third-order valence-electron chi connectivity index (χ3n) is 9.12. The molecule has 1 saturated heterocycles. The SMILES string of the molecule is CC1=CCC(C)(CC[N+](C)(C)C2CCN(C(=O)C(O)(c3ccccc3)C3CCCC3)CC2)C=C1. The van der Waals surface area contributed by atoms with E-state index in [4.69, 9.17) is 0 Å². The molecule has 0 bridgehead atoms. The number of aliphatic hydroxyl groups is 1. The second-order valence-corrected chi connectivity index (χ2v) is 12.0. The van der Waals surface area contributed by atoms with Crippen molar-refractivity contribution in [2.75, 3.05) is 33.7 Å². The maximum absolute atomic E-state index is 13.8. The summed E-state index contributed by atoms with van der Waals surface area (Å²) >= 11 is 0. The summed E-state index contributed by atoms with van der Waals surface area (Å²) in [5.41, 5.74) is 1.00. The van der Waals surface area contributed by atoms with Gasteiger partial charge >= 0.3 is 0 Å². The predicted molar refractivity (Wildman–Crippen MR) is 139 cm³/mol. The number of amides is 1. The number of allylic oxidation sites excluding steroid dienone is 4. The lowest BCUT2D eigenvalue weighted by molar-refractivity contribution is -0.917. The molecule has 34 heavy (non-hydrogen) atoms. The number of rotatable bonds is 7. The van der Waals surface area contributed by atoms with Crippen LogP contribution >= 0.6 is 0 Å². The number of carbonyl (C=O) groups excluding carboxylic acids is 1. The van der Waals surface area contributed by atoms with Gasteiger partial charge in [-0.15, -0.1) is 0 Å². The van der Waals surface area contributed by atoms with Crippen molar-refractivity contribution in [1.29, 1.82) is 0 Å². The van der Waals surface area contributed by atoms with Crippen LogP contribution < -0.4 is 0 Å². The van der Waals surface area contributed by atoms with Crippen molar-refractivity contribution < 1.29 is 14.4 Å². The lowest BCUT2D eigenvalue weighted by atomic mass is 9.78. The molecular weight excluding hydrogens is 420 g/mol. The summed E-state index contributed by atoms with van der Waals surface area (Å²) in [6.45, 7) is 7.18. The molecule has 1 heterocycles. The molecule has 2 fully saturated rings. The fraction of sp³-hybridized carbons (Fsp3) is 0.633. The molecule has 3 aliphatic rings. The van der Waals surface area contributed by atoms with Gasteiger partial charge in [-0.1, -0.05) is 73.9 Å². The van der Waals surface area contributed by atoms with E-state index >= 15 is 0 Å². The smallest absolute Gasteiger partial charge is 0.259 e. The highest BCUT2D eigenvalue weighted by molar-refractivity contribution is 5.87. The third kappa shape index (κ3) is 5.18. The average molecular weight is 466 g/mol. The standard InChI is InChI=1S/C30H45N2O2/c1-24-14-18-29(2,19-15-24)20-23-32(3,4)27-16-21-31(22-17-27)28(33)30(34,26-12-8-9-13-26)25-10-6-5-7-11-25/h5-7,10-11,14-15,18,26-27,34H,8-9,12-13,16-17,19-23H2,1-4H3/q+1. The van der Waals surface area contributed by atoms with Gasteiger partial charge in [0.15, 0.2) is 5.60 Å². The van der Waals surface area contributed by atoms with E-state index in [1.807, 2.05) is 35.2 Å². The van der Waals surface area contributed by atoms with Crippen LogP contribution in [-0.4, -0.2) is 60.2 Å². The van der Waals surface area contributed by atoms with Gasteiger partial charge in [-0.25, -0.2) is 0 Å². The molecule has 1 aliphatic heterocycles. The van der Waals surface area contributed by atoms with Crippen LogP contribution in [0, 0.1) is 11.3 Å². The molecule has 4 heteroatoms. The van der Waals surface area contributed by atoms with Crippen LogP contribution in [-0.2, 0) is 10.4 Å². The predicted octanol–water partition coefficient (Wildman–Crippen LogP) is 5.43. The zero-order valence-corrected chi connectivity index (χ0v) is 21.8. The topological polar surface area (TPSA) is 40.5 Å². The lowest BCUT2D eigenvalue weighted by Gasteiger charge is -2.46. The van der Waals surface area contributed by atoms with Gasteiger partial charge in [-0.2, -0.15) is 0 Å². The minimum absolute atomic E-state index is 0.0225. The van der Waals surface area contributed by atoms with Crippen LogP contribution in [0.3, 0.4) is 0 Å². The number of piperidine rings is 1. The molecule has 0 spiro atoms. The number of likely N-dealkylation sites (tertiary alicyclic amines) is 1. The Hall–Kier alpha value is -1.91. The molecule has 0 aromatic heterocycles. The van der Waals surface area contributed by atoms with E-state index in [-0.39, 0.29) is 17.2 Å². The van der Waals surface area contributed by atoms with Gasteiger partial charge in [0.25, 0.3) is 5.91 Å². The van der Waals surface area contributed by atoms with Crippen molar-refractivity contribution in [2.24, 2.45) is 11.3 Å². The first-order valence-corrected chi connectivity index (χ1v) is 13.4. The van der Waals surface area contributed by atoms with E-state index < -0.39 is 5.60 Å². The maximum Gasteiger partial charge on any atom is 0.259 e. The van der Waals surface area contributed by atoms with E-state index in [0.29, 0.717) is 6.04 Å². The second kappa shape index (κ2) is 9.99. The van der Waals surface area contributed by atoms with Gasteiger partial charge in [0.1, 0.15) is 0 Å². The summed E-state index contributed by atoms with van der Waals surface area (Å²) in [6, 6.07) is 10.2. The van der Waals surface area contributed by atoms with Crippen molar-refractivity contribution in [1.82, 2.24) is 4.90 Å². The Morgan fingerprint density at radius 2 is 1.76 bits per heavy atom. The fourth-order valence-electron chi connectivity index (χ4n) is 6.35. The monoisotopic (exact) mass is 465 g/mol. The largest absolute Gasteiger partial charge is 0.375 e. The van der Waals surface area contributed by atoms with Crippen LogP contribution in [0.25, 0.3) is 0 Å². The Morgan fingerprint density at radius 3 is 2.35 bits per heavy atom. The highest BCUT2D eigenvalue weighted by Crippen LogP contribution is 2.42. The molecular formula is C30H45N2O2+. The zero-order valence-electron chi connectivity index (χ0n) is 21.8. The van der Waals surface area contributed by atoms with Crippen LogP contribution in [0.4, 0.5) is 0 Å². The van der Waals surface area contributed by atoms with Crippen molar-refractivity contribution in [3.05, 3.63) is 59.7 Å². The third-order valence-corrected chi connectivity index (χ3v) is 9.12. The highest BCUT2D eigenvalue weighted by atomic mass is 16.3. The fourth-order valence-corrected chi connectivity index (χ4v) is 6.35. The van der Waals surface area contributed by atoms with Gasteiger partial charge in [-0.05, 0) is 37.2 Å². The summed E-state index contributed by atoms with van der Waals surface area (Å²) in [7, 11) is 4.72. The Bertz CT molecular complexity index is 907. The summed E-state index contributed by atoms with van der Waals surface area (Å²) in [5, 5.41) is 11.9. The van der Waals surface area contributed by atoms with E-state index in [9.17, 15) is 9.90 Å². The first-order chi connectivity index (χ1) is 16.1. The number of hydrogen-bond donors (Lipinski definition) is 1. The molecule has 2 aliphatic carbocycles. The van der Waals surface area contributed by atoms with Crippen LogP contribution in [0.5, 0.6) is 0 Å². The van der Waals surface area contributed by atoms with Crippen molar-refractivity contribution in [2.45, 2.75) is 76.9 Å². The first-order valence-electron chi connectivity index (χ1n) is 13.4. The number of quaternary nitrogens is 1. The Labute approximate surface area is 206 Å². The van der Waals surface area contributed by atoms with E-state index in [2.05, 4.69) is 46.2 Å². The Balaban J connectivity index is 1.39. The normalized spacial score (nSPS) is 26.4. The molecule has 4 rings (SSSR count). The van der Waals surface area contributed by atoms with Crippen LogP contribution in [0.1, 0.15) is 70.8 Å². The minimum atomic E-state index is -1.39. The molecule has 2 unspecified atom stereocenters. The summed E-state index contributed by atoms with van der Waals surface area (Å²) < 4.78 is 1.000. The molecule has 1 amide bonds. The molecule has 1 saturated carbocycles. The molecule has 2 atom stereocenters. The van der Waals surface area contributed by atoms with E-state index in [1.54, 1.807) is 0 Å². The minimum Gasteiger partial charge on any atom is -0.375 e. The average Bonchev–Trinajstić information content (AvgIpc) is 3.40. The highest BCUT2D eigenvalue weighted by Gasteiger charge is 2.49. The van der Waals surface area contributed by atoms with E-state index in [0.717, 1.165) is 74.6 Å². The van der Waals surface area contributed by atoms with Crippen molar-refractivity contribution in [3.63, 3.8) is 0 Å². The molecule has 1 aromatic carbocycles. The second-order valence-electron chi connectivity index (χ2n) is 12.0. The van der Waals surface area contributed by atoms with Gasteiger partial charge in [0.2, 0.25) is 0 Å². The van der Waals surface area contributed by atoms with Gasteiger partial charge < -0.3 is 14.5 Å². The first kappa shape index (κ1) is 25.2. The number of nitrogens with zero attached hydrogens (tertiary/aromatic N) is 2. The number of carbonyl (C=O) groups is 1. The van der Waals surface area contributed by atoms with E-state index in [1.165, 1.54) is 12.0 Å². The maximum atomic E-state index is 13.8. The van der Waals surface area contributed by atoms with Crippen molar-refractivity contribution >= 4 is 5.91 Å². The molecule has 0 radical (unpaired) electrons.